The minimum absolute atomic E-state index is 0.0772. The maximum absolute atomic E-state index is 12.2. The number of rotatable bonds is 13. The number of hydrogen-bond donors (Lipinski definition) is 0. The van der Waals surface area contributed by atoms with Gasteiger partial charge in [-0.25, -0.2) is 4.79 Å². The van der Waals surface area contributed by atoms with E-state index in [1.807, 2.05) is 0 Å². The Morgan fingerprint density at radius 2 is 1.71 bits per heavy atom. The van der Waals surface area contributed by atoms with Gasteiger partial charge in [0, 0.05) is 0 Å². The van der Waals surface area contributed by atoms with Gasteiger partial charge in [0.25, 0.3) is 0 Å². The molecule has 2 bridgehead atoms. The molecule has 2 rings (SSSR count). The molecule has 2 aliphatic rings. The van der Waals surface area contributed by atoms with Gasteiger partial charge in [-0.15, -0.1) is 0 Å². The van der Waals surface area contributed by atoms with E-state index in [1.165, 1.54) is 44.9 Å². The molecule has 164 valence electrons. The van der Waals surface area contributed by atoms with Crippen molar-refractivity contribution in [3.8, 4) is 0 Å². The van der Waals surface area contributed by atoms with Crippen LogP contribution in [0.5, 0.6) is 0 Å². The Morgan fingerprint density at radius 1 is 1.04 bits per heavy atom. The Bertz CT molecular complexity index is 502. The molecule has 0 radical (unpaired) electrons. The summed E-state index contributed by atoms with van der Waals surface area (Å²) in [6.45, 7) is 12.1. The van der Waals surface area contributed by atoms with Crippen LogP contribution in [-0.2, 0) is 14.3 Å². The summed E-state index contributed by atoms with van der Waals surface area (Å²) in [4.78, 5) is 12.2. The van der Waals surface area contributed by atoms with E-state index in [-0.39, 0.29) is 5.97 Å². The molecule has 2 aliphatic carbocycles. The van der Waals surface area contributed by atoms with Gasteiger partial charge in [-0.1, -0.05) is 59.8 Å². The van der Waals surface area contributed by atoms with E-state index < -0.39 is 0 Å². The minimum atomic E-state index is -0.0772. The van der Waals surface area contributed by atoms with E-state index in [4.69, 9.17) is 9.47 Å². The molecule has 4 nitrogen and oxygen atoms in total. The molecule has 0 aromatic heterocycles. The molecular formula is C24H46NO3+. The zero-order valence-corrected chi connectivity index (χ0v) is 19.5. The Hall–Kier alpha value is -0.610. The average molecular weight is 397 g/mol. The van der Waals surface area contributed by atoms with Crippen LogP contribution in [0.3, 0.4) is 0 Å². The van der Waals surface area contributed by atoms with E-state index in [1.54, 1.807) is 0 Å². The molecule has 0 aliphatic heterocycles. The number of likely N-dealkylation sites (N-methyl/N-ethyl adjacent to an activating group) is 1. The lowest BCUT2D eigenvalue weighted by molar-refractivity contribution is -0.883. The predicted molar refractivity (Wildman–Crippen MR) is 115 cm³/mol. The highest BCUT2D eigenvalue weighted by Gasteiger charge is 2.61. The Kier molecular flexibility index (Phi) is 8.39. The number of carbonyl (C=O) groups excluding carboxylic acids is 1. The SMILES string of the molecule is CCCCCCCCOC(=O)C[N+](C)(C)CCO[C@@H]1C[C@H]2CC[C@]1(C)C2(C)C. The van der Waals surface area contributed by atoms with Gasteiger partial charge in [-0.2, -0.15) is 0 Å². The fraction of sp³-hybridized carbons (Fsp3) is 0.958. The number of nitrogens with zero attached hydrogens (tertiary/aromatic N) is 1. The highest BCUT2D eigenvalue weighted by atomic mass is 16.5. The third-order valence-corrected chi connectivity index (χ3v) is 8.05. The van der Waals surface area contributed by atoms with Crippen molar-refractivity contribution in [2.75, 3.05) is 40.4 Å². The molecule has 0 N–H and O–H groups in total. The van der Waals surface area contributed by atoms with Crippen molar-refractivity contribution in [3.63, 3.8) is 0 Å². The molecule has 0 unspecified atom stereocenters. The molecule has 2 saturated carbocycles. The highest BCUT2D eigenvalue weighted by Crippen LogP contribution is 2.66. The van der Waals surface area contributed by atoms with Gasteiger partial charge in [0.15, 0.2) is 6.54 Å². The summed E-state index contributed by atoms with van der Waals surface area (Å²) in [5.74, 6) is 0.730. The first-order chi connectivity index (χ1) is 13.1. The van der Waals surface area contributed by atoms with Crippen molar-refractivity contribution in [1.29, 1.82) is 0 Å². The van der Waals surface area contributed by atoms with Gasteiger partial charge in [-0.05, 0) is 42.4 Å². The normalized spacial score (nSPS) is 28.6. The number of quaternary nitrogens is 1. The summed E-state index contributed by atoms with van der Waals surface area (Å²) in [5, 5.41) is 0. The summed E-state index contributed by atoms with van der Waals surface area (Å²) < 4.78 is 12.5. The summed E-state index contributed by atoms with van der Waals surface area (Å²) >= 11 is 0. The quantitative estimate of drug-likeness (QED) is 0.244. The van der Waals surface area contributed by atoms with E-state index >= 15 is 0 Å². The third-order valence-electron chi connectivity index (χ3n) is 8.05. The van der Waals surface area contributed by atoms with Crippen LogP contribution in [0.25, 0.3) is 0 Å². The molecule has 0 spiro atoms. The molecule has 3 atom stereocenters. The van der Waals surface area contributed by atoms with E-state index in [2.05, 4.69) is 41.8 Å². The predicted octanol–water partition coefficient (Wildman–Crippen LogP) is 5.20. The van der Waals surface area contributed by atoms with Crippen LogP contribution in [0, 0.1) is 16.7 Å². The standard InChI is InChI=1S/C24H46NO3/c1-7-8-9-10-11-12-16-28-22(26)19-25(5,6)15-17-27-21-18-20-13-14-24(21,4)23(20,2)3/h20-21H,7-19H2,1-6H3/q+1/t20-,21-,24+/m1/s1. The molecule has 2 fully saturated rings. The lowest BCUT2D eigenvalue weighted by Gasteiger charge is -2.39. The second-order valence-electron chi connectivity index (χ2n) is 10.8. The lowest BCUT2D eigenvalue weighted by Crippen LogP contribution is -2.47. The second-order valence-corrected chi connectivity index (χ2v) is 10.8. The van der Waals surface area contributed by atoms with Crippen LogP contribution in [-0.4, -0.2) is 57.0 Å². The Morgan fingerprint density at radius 3 is 2.32 bits per heavy atom. The number of fused-ring (bicyclic) bond motifs is 2. The summed E-state index contributed by atoms with van der Waals surface area (Å²) in [6.07, 6.45) is 11.5. The number of hydrogen-bond acceptors (Lipinski definition) is 3. The maximum Gasteiger partial charge on any atom is 0.361 e. The van der Waals surface area contributed by atoms with Crippen molar-refractivity contribution < 1.29 is 18.8 Å². The minimum Gasteiger partial charge on any atom is -0.462 e. The van der Waals surface area contributed by atoms with Gasteiger partial charge in [-0.3, -0.25) is 0 Å². The van der Waals surface area contributed by atoms with Crippen molar-refractivity contribution in [1.82, 2.24) is 0 Å². The molecule has 0 aromatic carbocycles. The number of ether oxygens (including phenoxy) is 2. The number of carbonyl (C=O) groups is 1. The fourth-order valence-corrected chi connectivity index (χ4v) is 5.37. The van der Waals surface area contributed by atoms with E-state index in [0.717, 1.165) is 31.9 Å². The zero-order chi connectivity index (χ0) is 20.8. The molecular weight excluding hydrogens is 350 g/mol. The van der Waals surface area contributed by atoms with Crippen LogP contribution in [0.4, 0.5) is 0 Å². The lowest BCUT2D eigenvalue weighted by atomic mass is 9.70. The summed E-state index contributed by atoms with van der Waals surface area (Å²) in [7, 11) is 4.20. The first-order valence-corrected chi connectivity index (χ1v) is 11.7. The fourth-order valence-electron chi connectivity index (χ4n) is 5.37. The summed E-state index contributed by atoms with van der Waals surface area (Å²) in [5.41, 5.74) is 0.702. The monoisotopic (exact) mass is 396 g/mol. The Labute approximate surface area is 173 Å². The zero-order valence-electron chi connectivity index (χ0n) is 19.5. The van der Waals surface area contributed by atoms with Crippen LogP contribution >= 0.6 is 0 Å². The van der Waals surface area contributed by atoms with Gasteiger partial charge >= 0.3 is 5.97 Å². The molecule has 0 aromatic rings. The van der Waals surface area contributed by atoms with Crippen molar-refractivity contribution in [2.24, 2.45) is 16.7 Å². The average Bonchev–Trinajstić information content (AvgIpc) is 2.94. The maximum atomic E-state index is 12.2. The first kappa shape index (κ1) is 23.7. The first-order valence-electron chi connectivity index (χ1n) is 11.7. The van der Waals surface area contributed by atoms with Crippen LogP contribution in [0.15, 0.2) is 0 Å². The molecule has 0 saturated heterocycles. The molecule has 28 heavy (non-hydrogen) atoms. The van der Waals surface area contributed by atoms with Crippen molar-refractivity contribution >= 4 is 5.97 Å². The van der Waals surface area contributed by atoms with Gasteiger partial charge in [0.2, 0.25) is 0 Å². The molecule has 0 heterocycles. The number of esters is 1. The smallest absolute Gasteiger partial charge is 0.361 e. The van der Waals surface area contributed by atoms with Gasteiger partial charge < -0.3 is 14.0 Å². The highest BCUT2D eigenvalue weighted by molar-refractivity contribution is 5.70. The van der Waals surface area contributed by atoms with Gasteiger partial charge in [0.05, 0.1) is 33.4 Å². The topological polar surface area (TPSA) is 35.5 Å². The van der Waals surface area contributed by atoms with Crippen LogP contribution in [0.2, 0.25) is 0 Å². The Balaban J connectivity index is 1.61. The second kappa shape index (κ2) is 9.93. The summed E-state index contributed by atoms with van der Waals surface area (Å²) in [6, 6.07) is 0. The molecule has 4 heteroatoms. The van der Waals surface area contributed by atoms with E-state index in [0.29, 0.717) is 34.6 Å². The molecule has 0 amide bonds. The van der Waals surface area contributed by atoms with E-state index in [9.17, 15) is 4.79 Å². The largest absolute Gasteiger partial charge is 0.462 e. The third kappa shape index (κ3) is 5.72. The van der Waals surface area contributed by atoms with Crippen LogP contribution < -0.4 is 0 Å². The van der Waals surface area contributed by atoms with Gasteiger partial charge in [0.1, 0.15) is 6.54 Å². The van der Waals surface area contributed by atoms with Crippen molar-refractivity contribution in [2.45, 2.75) is 91.6 Å². The van der Waals surface area contributed by atoms with Crippen molar-refractivity contribution in [3.05, 3.63) is 0 Å². The van der Waals surface area contributed by atoms with Crippen LogP contribution in [0.1, 0.15) is 85.5 Å². The number of unbranched alkanes of at least 4 members (excludes halogenated alkanes) is 5.